The fraction of sp³-hybridized carbons (Fsp3) is 0.520. The summed E-state index contributed by atoms with van der Waals surface area (Å²) in [6, 6.07) is 8.81. The highest BCUT2D eigenvalue weighted by atomic mass is 19.3. The van der Waals surface area contributed by atoms with Crippen LogP contribution < -0.4 is 4.74 Å². The Labute approximate surface area is 176 Å². The van der Waals surface area contributed by atoms with Gasteiger partial charge in [0.2, 0.25) is 0 Å². The molecule has 0 aromatic heterocycles. The first-order valence-corrected chi connectivity index (χ1v) is 11.0. The van der Waals surface area contributed by atoms with Crippen molar-refractivity contribution in [2.24, 2.45) is 5.92 Å². The normalized spacial score (nSPS) is 19.3. The number of hydrogen-bond donors (Lipinski definition) is 0. The van der Waals surface area contributed by atoms with Crippen molar-refractivity contribution in [1.29, 1.82) is 0 Å². The number of ether oxygens (including phenoxy) is 1. The van der Waals surface area contributed by atoms with Gasteiger partial charge in [0.15, 0.2) is 0 Å². The van der Waals surface area contributed by atoms with Crippen LogP contribution in [0.3, 0.4) is 0 Å². The van der Waals surface area contributed by atoms with Crippen molar-refractivity contribution in [1.82, 2.24) is 0 Å². The maximum absolute atomic E-state index is 14.7. The number of rotatable bonds is 9. The summed E-state index contributed by atoms with van der Waals surface area (Å²) in [6.07, 6.45) is 9.35. The van der Waals surface area contributed by atoms with Crippen LogP contribution >= 0.6 is 0 Å². The van der Waals surface area contributed by atoms with E-state index in [9.17, 15) is 17.6 Å². The Morgan fingerprint density at radius 3 is 2.13 bits per heavy atom. The summed E-state index contributed by atoms with van der Waals surface area (Å²) in [6.45, 7) is -0.690. The third kappa shape index (κ3) is 6.23. The van der Waals surface area contributed by atoms with Gasteiger partial charge in [0.1, 0.15) is 17.4 Å². The molecular formula is C25H30F4O. The van der Waals surface area contributed by atoms with Gasteiger partial charge in [-0.05, 0) is 72.9 Å². The molecule has 0 aliphatic heterocycles. The maximum Gasteiger partial charge on any atom is 0.387 e. The first kappa shape index (κ1) is 22.6. The molecule has 1 aliphatic carbocycles. The molecule has 0 radical (unpaired) electrons. The quantitative estimate of drug-likeness (QED) is 0.294. The van der Waals surface area contributed by atoms with Crippen molar-refractivity contribution >= 4 is 0 Å². The first-order chi connectivity index (χ1) is 14.5. The zero-order valence-corrected chi connectivity index (χ0v) is 17.5. The fourth-order valence-electron chi connectivity index (χ4n) is 4.49. The lowest BCUT2D eigenvalue weighted by atomic mass is 9.77. The number of benzene rings is 2. The van der Waals surface area contributed by atoms with Crippen LogP contribution in [0.2, 0.25) is 0 Å². The van der Waals surface area contributed by atoms with E-state index in [1.165, 1.54) is 49.9 Å². The Kier molecular flexibility index (Phi) is 8.17. The Morgan fingerprint density at radius 1 is 0.933 bits per heavy atom. The molecule has 2 aromatic rings. The predicted molar refractivity (Wildman–Crippen MR) is 111 cm³/mol. The third-order valence-corrected chi connectivity index (χ3v) is 6.23. The van der Waals surface area contributed by atoms with Gasteiger partial charge in [0.25, 0.3) is 0 Å². The van der Waals surface area contributed by atoms with E-state index in [1.807, 2.05) is 0 Å². The van der Waals surface area contributed by atoms with Crippen LogP contribution in [0.25, 0.3) is 0 Å². The highest BCUT2D eigenvalue weighted by Crippen LogP contribution is 2.38. The van der Waals surface area contributed by atoms with E-state index < -0.39 is 18.2 Å². The molecular weight excluding hydrogens is 392 g/mol. The number of hydrogen-bond acceptors (Lipinski definition) is 1. The molecule has 1 aliphatic rings. The van der Waals surface area contributed by atoms with Crippen molar-refractivity contribution in [3.8, 4) is 5.75 Å². The molecule has 2 aromatic carbocycles. The lowest BCUT2D eigenvalue weighted by Gasteiger charge is -2.29. The molecule has 164 valence electrons. The third-order valence-electron chi connectivity index (χ3n) is 6.23. The van der Waals surface area contributed by atoms with Crippen molar-refractivity contribution in [2.45, 2.75) is 77.2 Å². The molecule has 0 bridgehead atoms. The van der Waals surface area contributed by atoms with Crippen LogP contribution in [0.1, 0.15) is 80.9 Å². The Morgan fingerprint density at radius 2 is 1.57 bits per heavy atom. The summed E-state index contributed by atoms with van der Waals surface area (Å²) in [5.41, 5.74) is 1.39. The molecule has 3 rings (SSSR count). The summed E-state index contributed by atoms with van der Waals surface area (Å²) < 4.78 is 58.2. The molecule has 1 fully saturated rings. The SMILES string of the molecule is CCCCCC1CCC(c2cc(F)c(Cc3ccc(OC(F)F)cc3)c(F)c2)CC1. The van der Waals surface area contributed by atoms with E-state index in [0.29, 0.717) is 5.56 Å². The van der Waals surface area contributed by atoms with Gasteiger partial charge in [0.05, 0.1) is 0 Å². The second-order valence-electron chi connectivity index (χ2n) is 8.38. The summed E-state index contributed by atoms with van der Waals surface area (Å²) in [5, 5.41) is 0. The molecule has 0 N–H and O–H groups in total. The zero-order valence-electron chi connectivity index (χ0n) is 17.5. The monoisotopic (exact) mass is 422 g/mol. The standard InChI is InChI=1S/C25H30F4O/c1-2-3-4-5-17-6-10-19(11-7-17)20-15-23(26)22(24(27)16-20)14-18-8-12-21(13-9-18)30-25(28)29/h8-9,12-13,15-17,19,25H,2-7,10-11,14H2,1H3. The second kappa shape index (κ2) is 10.8. The van der Waals surface area contributed by atoms with E-state index in [4.69, 9.17) is 0 Å². The van der Waals surface area contributed by atoms with Crippen LogP contribution in [-0.2, 0) is 6.42 Å². The molecule has 0 heterocycles. The van der Waals surface area contributed by atoms with E-state index in [1.54, 1.807) is 12.1 Å². The van der Waals surface area contributed by atoms with E-state index in [-0.39, 0.29) is 23.7 Å². The highest BCUT2D eigenvalue weighted by Gasteiger charge is 2.24. The molecule has 0 atom stereocenters. The number of alkyl halides is 2. The predicted octanol–water partition coefficient (Wildman–Crippen LogP) is 8.01. The largest absolute Gasteiger partial charge is 0.435 e. The van der Waals surface area contributed by atoms with Crippen molar-refractivity contribution in [2.75, 3.05) is 0 Å². The van der Waals surface area contributed by atoms with Gasteiger partial charge in [-0.15, -0.1) is 0 Å². The minimum absolute atomic E-state index is 0.00882. The van der Waals surface area contributed by atoms with Crippen molar-refractivity contribution in [3.05, 3.63) is 64.7 Å². The summed E-state index contributed by atoms with van der Waals surface area (Å²) >= 11 is 0. The van der Waals surface area contributed by atoms with Crippen molar-refractivity contribution < 1.29 is 22.3 Å². The fourth-order valence-corrected chi connectivity index (χ4v) is 4.49. The molecule has 30 heavy (non-hydrogen) atoms. The number of halogens is 4. The Bertz CT molecular complexity index is 772. The van der Waals surface area contributed by atoms with Crippen LogP contribution in [0.5, 0.6) is 5.75 Å². The van der Waals surface area contributed by atoms with Gasteiger partial charge >= 0.3 is 6.61 Å². The van der Waals surface area contributed by atoms with Crippen LogP contribution in [0, 0.1) is 17.6 Å². The lowest BCUT2D eigenvalue weighted by Crippen LogP contribution is -2.14. The lowest BCUT2D eigenvalue weighted by molar-refractivity contribution is -0.0498. The molecule has 1 saturated carbocycles. The minimum Gasteiger partial charge on any atom is -0.435 e. The summed E-state index contributed by atoms with van der Waals surface area (Å²) in [5.74, 6) is -0.0867. The molecule has 5 heteroatoms. The van der Waals surface area contributed by atoms with E-state index in [2.05, 4.69) is 11.7 Å². The maximum atomic E-state index is 14.7. The minimum atomic E-state index is -2.90. The van der Waals surface area contributed by atoms with Gasteiger partial charge in [0, 0.05) is 12.0 Å². The molecule has 0 unspecified atom stereocenters. The van der Waals surface area contributed by atoms with Crippen molar-refractivity contribution in [3.63, 3.8) is 0 Å². The zero-order chi connectivity index (χ0) is 21.5. The van der Waals surface area contributed by atoms with Gasteiger partial charge in [-0.3, -0.25) is 0 Å². The smallest absolute Gasteiger partial charge is 0.387 e. The van der Waals surface area contributed by atoms with Gasteiger partial charge in [-0.2, -0.15) is 8.78 Å². The van der Waals surface area contributed by atoms with Gasteiger partial charge in [-0.25, -0.2) is 8.78 Å². The topological polar surface area (TPSA) is 9.23 Å². The summed E-state index contributed by atoms with van der Waals surface area (Å²) in [4.78, 5) is 0. The van der Waals surface area contributed by atoms with Crippen LogP contribution in [0.4, 0.5) is 17.6 Å². The second-order valence-corrected chi connectivity index (χ2v) is 8.38. The van der Waals surface area contributed by atoms with E-state index >= 15 is 0 Å². The Hall–Kier alpha value is -2.04. The van der Waals surface area contributed by atoms with Gasteiger partial charge < -0.3 is 4.74 Å². The van der Waals surface area contributed by atoms with Crippen LogP contribution in [-0.4, -0.2) is 6.61 Å². The van der Waals surface area contributed by atoms with Crippen LogP contribution in [0.15, 0.2) is 36.4 Å². The number of unbranched alkanes of at least 4 members (excludes halogenated alkanes) is 2. The Balaban J connectivity index is 1.62. The molecule has 0 saturated heterocycles. The average Bonchev–Trinajstić information content (AvgIpc) is 2.72. The van der Waals surface area contributed by atoms with E-state index in [0.717, 1.165) is 37.2 Å². The summed E-state index contributed by atoms with van der Waals surface area (Å²) in [7, 11) is 0. The highest BCUT2D eigenvalue weighted by molar-refractivity contribution is 5.35. The first-order valence-electron chi connectivity index (χ1n) is 11.0. The van der Waals surface area contributed by atoms with Gasteiger partial charge in [-0.1, -0.05) is 44.7 Å². The average molecular weight is 423 g/mol. The molecule has 1 nitrogen and oxygen atoms in total. The molecule has 0 spiro atoms. The molecule has 0 amide bonds.